The van der Waals surface area contributed by atoms with Crippen molar-refractivity contribution in [1.29, 1.82) is 0 Å². The summed E-state index contributed by atoms with van der Waals surface area (Å²) in [6.45, 7) is 3.15. The maximum Gasteiger partial charge on any atom is 0.325 e. The number of carbonyl (C=O) groups is 3. The van der Waals surface area contributed by atoms with Crippen LogP contribution in [0.15, 0.2) is 42.5 Å². The molecule has 0 atom stereocenters. The number of esters is 1. The first-order valence-electron chi connectivity index (χ1n) is 8.37. The summed E-state index contributed by atoms with van der Waals surface area (Å²) < 4.78 is 17.6. The SMILES string of the molecule is Cc1cc(C)cc(C(=O)NCC(=O)OCC(=O)NCc2ccc(F)cc2)c1. The van der Waals surface area contributed by atoms with Gasteiger partial charge in [0, 0.05) is 12.1 Å². The minimum atomic E-state index is -0.718. The maximum absolute atomic E-state index is 12.8. The summed E-state index contributed by atoms with van der Waals surface area (Å²) in [5.41, 5.74) is 3.07. The number of aryl methyl sites for hydroxylation is 2. The van der Waals surface area contributed by atoms with Crippen LogP contribution in [0.5, 0.6) is 0 Å². The lowest BCUT2D eigenvalue weighted by atomic mass is 10.1. The molecule has 0 heterocycles. The van der Waals surface area contributed by atoms with E-state index in [1.807, 2.05) is 19.9 Å². The molecule has 0 bridgehead atoms. The Bertz CT molecular complexity index is 814. The number of benzene rings is 2. The van der Waals surface area contributed by atoms with Crippen molar-refractivity contribution in [2.75, 3.05) is 13.2 Å². The molecule has 0 unspecified atom stereocenters. The third-order valence-electron chi connectivity index (χ3n) is 3.64. The highest BCUT2D eigenvalue weighted by Crippen LogP contribution is 2.08. The highest BCUT2D eigenvalue weighted by Gasteiger charge is 2.11. The largest absolute Gasteiger partial charge is 0.454 e. The molecule has 142 valence electrons. The van der Waals surface area contributed by atoms with Gasteiger partial charge in [0.05, 0.1) is 0 Å². The monoisotopic (exact) mass is 372 g/mol. The van der Waals surface area contributed by atoms with Gasteiger partial charge in [-0.15, -0.1) is 0 Å². The van der Waals surface area contributed by atoms with Crippen molar-refractivity contribution in [3.8, 4) is 0 Å². The molecule has 2 rings (SSSR count). The number of carbonyl (C=O) groups excluding carboxylic acids is 3. The Morgan fingerprint density at radius 3 is 2.22 bits per heavy atom. The van der Waals surface area contributed by atoms with Crippen LogP contribution in [0.2, 0.25) is 0 Å². The van der Waals surface area contributed by atoms with Crippen molar-refractivity contribution >= 4 is 17.8 Å². The number of rotatable bonds is 7. The first-order valence-corrected chi connectivity index (χ1v) is 8.37. The summed E-state index contributed by atoms with van der Waals surface area (Å²) in [5, 5.41) is 5.01. The molecule has 0 aliphatic heterocycles. The van der Waals surface area contributed by atoms with Gasteiger partial charge < -0.3 is 15.4 Å². The van der Waals surface area contributed by atoms with Crippen molar-refractivity contribution < 1.29 is 23.5 Å². The number of nitrogens with one attached hydrogen (secondary N) is 2. The van der Waals surface area contributed by atoms with Gasteiger partial charge in [-0.05, 0) is 43.7 Å². The van der Waals surface area contributed by atoms with Gasteiger partial charge in [0.1, 0.15) is 12.4 Å². The van der Waals surface area contributed by atoms with Gasteiger partial charge in [-0.25, -0.2) is 4.39 Å². The van der Waals surface area contributed by atoms with Crippen LogP contribution in [-0.4, -0.2) is 30.9 Å². The Balaban J connectivity index is 1.70. The van der Waals surface area contributed by atoms with E-state index in [0.717, 1.165) is 16.7 Å². The zero-order valence-corrected chi connectivity index (χ0v) is 15.2. The molecule has 2 aromatic rings. The molecule has 7 heteroatoms. The van der Waals surface area contributed by atoms with Gasteiger partial charge in [0.25, 0.3) is 11.8 Å². The zero-order valence-electron chi connectivity index (χ0n) is 15.2. The third kappa shape index (κ3) is 6.89. The minimum Gasteiger partial charge on any atom is -0.454 e. The van der Waals surface area contributed by atoms with E-state index in [0.29, 0.717) is 5.56 Å². The van der Waals surface area contributed by atoms with Crippen LogP contribution in [0.3, 0.4) is 0 Å². The molecule has 0 saturated heterocycles. The summed E-state index contributed by atoms with van der Waals surface area (Å²) in [7, 11) is 0. The van der Waals surface area contributed by atoms with Crippen molar-refractivity contribution in [2.24, 2.45) is 0 Å². The van der Waals surface area contributed by atoms with Crippen LogP contribution < -0.4 is 10.6 Å². The van der Waals surface area contributed by atoms with Crippen LogP contribution in [0.1, 0.15) is 27.0 Å². The van der Waals surface area contributed by atoms with Crippen LogP contribution >= 0.6 is 0 Å². The van der Waals surface area contributed by atoms with Gasteiger partial charge in [0.15, 0.2) is 6.61 Å². The van der Waals surface area contributed by atoms with Gasteiger partial charge in [-0.3, -0.25) is 14.4 Å². The normalized spacial score (nSPS) is 10.2. The Kier molecular flexibility index (Phi) is 7.05. The second-order valence-corrected chi connectivity index (χ2v) is 6.12. The fourth-order valence-electron chi connectivity index (χ4n) is 2.41. The molecule has 0 aliphatic rings. The number of amides is 2. The van der Waals surface area contributed by atoms with E-state index in [2.05, 4.69) is 10.6 Å². The van der Waals surface area contributed by atoms with E-state index >= 15 is 0 Å². The summed E-state index contributed by atoms with van der Waals surface area (Å²) in [4.78, 5) is 35.4. The molecule has 2 N–H and O–H groups in total. The number of ether oxygens (including phenoxy) is 1. The molecule has 0 fully saturated rings. The lowest BCUT2D eigenvalue weighted by Gasteiger charge is -2.08. The number of hydrogen-bond donors (Lipinski definition) is 2. The first-order chi connectivity index (χ1) is 12.8. The Morgan fingerprint density at radius 2 is 1.59 bits per heavy atom. The van der Waals surface area contributed by atoms with Gasteiger partial charge in [0.2, 0.25) is 0 Å². The molecule has 0 spiro atoms. The number of halogens is 1. The highest BCUT2D eigenvalue weighted by atomic mass is 19.1. The highest BCUT2D eigenvalue weighted by molar-refractivity contribution is 5.96. The molecule has 27 heavy (non-hydrogen) atoms. The Hall–Kier alpha value is -3.22. The molecular weight excluding hydrogens is 351 g/mol. The molecule has 6 nitrogen and oxygen atoms in total. The van der Waals surface area contributed by atoms with Gasteiger partial charge >= 0.3 is 5.97 Å². The van der Waals surface area contributed by atoms with Gasteiger partial charge in [-0.2, -0.15) is 0 Å². The quantitative estimate of drug-likeness (QED) is 0.729. The minimum absolute atomic E-state index is 0.195. The summed E-state index contributed by atoms with van der Waals surface area (Å²) in [6.07, 6.45) is 0. The number of hydrogen-bond acceptors (Lipinski definition) is 4. The van der Waals surface area contributed by atoms with Crippen molar-refractivity contribution in [3.05, 3.63) is 70.5 Å². The van der Waals surface area contributed by atoms with E-state index in [-0.39, 0.29) is 24.8 Å². The fraction of sp³-hybridized carbons (Fsp3) is 0.250. The van der Waals surface area contributed by atoms with Crippen LogP contribution in [0, 0.1) is 19.7 Å². The second-order valence-electron chi connectivity index (χ2n) is 6.12. The maximum atomic E-state index is 12.8. The third-order valence-corrected chi connectivity index (χ3v) is 3.64. The summed E-state index contributed by atoms with van der Waals surface area (Å²) >= 11 is 0. The van der Waals surface area contributed by atoms with Crippen molar-refractivity contribution in [3.63, 3.8) is 0 Å². The zero-order chi connectivity index (χ0) is 19.8. The van der Waals surface area contributed by atoms with E-state index in [1.54, 1.807) is 24.3 Å². The lowest BCUT2D eigenvalue weighted by Crippen LogP contribution is -2.33. The first kappa shape index (κ1) is 20.1. The predicted octanol–water partition coefficient (Wildman–Crippen LogP) is 2.03. The van der Waals surface area contributed by atoms with Crippen LogP contribution in [0.4, 0.5) is 4.39 Å². The van der Waals surface area contributed by atoms with Crippen molar-refractivity contribution in [1.82, 2.24) is 10.6 Å². The molecule has 2 amide bonds. The standard InChI is InChI=1S/C20H21FN2O4/c1-13-7-14(2)9-16(8-13)20(26)23-11-19(25)27-12-18(24)22-10-15-3-5-17(21)6-4-15/h3-9H,10-12H2,1-2H3,(H,22,24)(H,23,26). The van der Waals surface area contributed by atoms with Crippen LogP contribution in [0.25, 0.3) is 0 Å². The fourth-order valence-corrected chi connectivity index (χ4v) is 2.41. The van der Waals surface area contributed by atoms with E-state index < -0.39 is 18.5 Å². The van der Waals surface area contributed by atoms with Gasteiger partial charge in [-0.1, -0.05) is 29.3 Å². The van der Waals surface area contributed by atoms with E-state index in [4.69, 9.17) is 4.74 Å². The lowest BCUT2D eigenvalue weighted by molar-refractivity contribution is -0.147. The topological polar surface area (TPSA) is 84.5 Å². The average Bonchev–Trinajstić information content (AvgIpc) is 2.63. The molecular formula is C20H21FN2O4. The summed E-state index contributed by atoms with van der Waals surface area (Å²) in [6, 6.07) is 11.1. The molecule has 0 aromatic heterocycles. The Morgan fingerprint density at radius 1 is 0.963 bits per heavy atom. The van der Waals surface area contributed by atoms with E-state index in [9.17, 15) is 18.8 Å². The average molecular weight is 372 g/mol. The predicted molar refractivity (Wildman–Crippen MR) is 97.5 cm³/mol. The van der Waals surface area contributed by atoms with Crippen molar-refractivity contribution in [2.45, 2.75) is 20.4 Å². The smallest absolute Gasteiger partial charge is 0.325 e. The van der Waals surface area contributed by atoms with Crippen LogP contribution in [-0.2, 0) is 20.9 Å². The Labute approximate surface area is 156 Å². The molecule has 0 saturated carbocycles. The molecule has 0 radical (unpaired) electrons. The molecule has 0 aliphatic carbocycles. The van der Waals surface area contributed by atoms with E-state index in [1.165, 1.54) is 12.1 Å². The molecule has 2 aromatic carbocycles. The second kappa shape index (κ2) is 9.47. The summed E-state index contributed by atoms with van der Waals surface area (Å²) in [5.74, 6) is -1.96.